The molecular weight excluding hydrogens is 392 g/mol. The quantitative estimate of drug-likeness (QED) is 0.468. The van der Waals surface area contributed by atoms with E-state index in [2.05, 4.69) is 10.3 Å². The van der Waals surface area contributed by atoms with Crippen LogP contribution in [-0.2, 0) is 11.3 Å². The first kappa shape index (κ1) is 19.5. The molecule has 0 spiro atoms. The second-order valence-electron chi connectivity index (χ2n) is 5.80. The van der Waals surface area contributed by atoms with Crippen molar-refractivity contribution in [3.63, 3.8) is 0 Å². The number of amides is 1. The van der Waals surface area contributed by atoms with Crippen LogP contribution in [0, 0.1) is 11.6 Å². The second kappa shape index (κ2) is 8.62. The Hall–Kier alpha value is -2.26. The number of benzene rings is 1. The van der Waals surface area contributed by atoms with Crippen molar-refractivity contribution in [2.24, 2.45) is 0 Å². The molecule has 142 valence electrons. The first-order chi connectivity index (χ1) is 13.0. The second-order valence-corrected chi connectivity index (χ2v) is 7.66. The fourth-order valence-electron chi connectivity index (χ4n) is 2.46. The number of thiophene rings is 1. The molecule has 27 heavy (non-hydrogen) atoms. The van der Waals surface area contributed by atoms with Gasteiger partial charge in [0.25, 0.3) is 5.56 Å². The number of hydrogen-bond acceptors (Lipinski definition) is 5. The predicted octanol–water partition coefficient (Wildman–Crippen LogP) is 4.27. The van der Waals surface area contributed by atoms with E-state index in [0.717, 1.165) is 42.8 Å². The maximum atomic E-state index is 13.6. The number of carbonyl (C=O) groups is 1. The Labute approximate surface area is 162 Å². The van der Waals surface area contributed by atoms with E-state index in [9.17, 15) is 18.4 Å². The third kappa shape index (κ3) is 4.54. The van der Waals surface area contributed by atoms with E-state index < -0.39 is 17.5 Å². The SMILES string of the molecule is CCCCn1c(SCC(=O)Nc2cc(F)ccc2F)nc2ccsc2c1=O. The largest absolute Gasteiger partial charge is 0.323 e. The van der Waals surface area contributed by atoms with Crippen molar-refractivity contribution in [1.29, 1.82) is 0 Å². The van der Waals surface area contributed by atoms with Crippen LogP contribution in [-0.4, -0.2) is 21.2 Å². The third-order valence-electron chi connectivity index (χ3n) is 3.80. The Kier molecular flexibility index (Phi) is 6.22. The summed E-state index contributed by atoms with van der Waals surface area (Å²) in [6, 6.07) is 4.61. The van der Waals surface area contributed by atoms with Crippen molar-refractivity contribution >= 4 is 44.9 Å². The highest BCUT2D eigenvalue weighted by Gasteiger charge is 2.15. The van der Waals surface area contributed by atoms with Gasteiger partial charge in [-0.2, -0.15) is 0 Å². The molecule has 0 fully saturated rings. The maximum absolute atomic E-state index is 13.6. The van der Waals surface area contributed by atoms with E-state index in [0.29, 0.717) is 21.9 Å². The molecule has 0 saturated carbocycles. The molecule has 1 aromatic carbocycles. The molecule has 3 aromatic rings. The lowest BCUT2D eigenvalue weighted by Crippen LogP contribution is -2.23. The van der Waals surface area contributed by atoms with Crippen LogP contribution in [0.25, 0.3) is 10.2 Å². The van der Waals surface area contributed by atoms with Gasteiger partial charge in [0.05, 0.1) is 17.0 Å². The molecule has 0 unspecified atom stereocenters. The molecule has 2 aromatic heterocycles. The van der Waals surface area contributed by atoms with Crippen LogP contribution in [0.3, 0.4) is 0 Å². The van der Waals surface area contributed by atoms with E-state index in [1.807, 2.05) is 6.92 Å². The molecule has 1 amide bonds. The van der Waals surface area contributed by atoms with Crippen LogP contribution in [0.1, 0.15) is 19.8 Å². The molecule has 9 heteroatoms. The first-order valence-electron chi connectivity index (χ1n) is 8.35. The van der Waals surface area contributed by atoms with Crippen LogP contribution < -0.4 is 10.9 Å². The molecule has 2 heterocycles. The number of rotatable bonds is 7. The smallest absolute Gasteiger partial charge is 0.272 e. The number of unbranched alkanes of at least 4 members (excludes halogenated alkanes) is 1. The van der Waals surface area contributed by atoms with Crippen LogP contribution in [0.5, 0.6) is 0 Å². The maximum Gasteiger partial charge on any atom is 0.272 e. The van der Waals surface area contributed by atoms with Gasteiger partial charge in [-0.15, -0.1) is 11.3 Å². The van der Waals surface area contributed by atoms with Gasteiger partial charge in [0.15, 0.2) is 5.16 Å². The average molecular weight is 409 g/mol. The molecule has 0 saturated heterocycles. The molecule has 0 atom stereocenters. The minimum absolute atomic E-state index is 0.0792. The normalized spacial score (nSPS) is 11.1. The standard InChI is InChI=1S/C18H17F2N3O2S2/c1-2-3-7-23-17(25)16-13(6-8-26-16)22-18(23)27-10-15(24)21-14-9-11(19)4-5-12(14)20/h4-6,8-9H,2-3,7,10H2,1H3,(H,21,24). The van der Waals surface area contributed by atoms with Crippen LogP contribution >= 0.6 is 23.1 Å². The van der Waals surface area contributed by atoms with Crippen molar-refractivity contribution in [2.75, 3.05) is 11.1 Å². The third-order valence-corrected chi connectivity index (χ3v) is 5.67. The number of thioether (sulfide) groups is 1. The Morgan fingerprint density at radius 3 is 2.93 bits per heavy atom. The number of hydrogen-bond donors (Lipinski definition) is 1. The Bertz CT molecular complexity index is 1030. The van der Waals surface area contributed by atoms with Crippen molar-refractivity contribution in [3.8, 4) is 0 Å². The van der Waals surface area contributed by atoms with E-state index >= 15 is 0 Å². The summed E-state index contributed by atoms with van der Waals surface area (Å²) in [4.78, 5) is 29.3. The highest BCUT2D eigenvalue weighted by atomic mass is 32.2. The summed E-state index contributed by atoms with van der Waals surface area (Å²) < 4.78 is 29.0. The lowest BCUT2D eigenvalue weighted by Gasteiger charge is -2.11. The van der Waals surface area contributed by atoms with Crippen molar-refractivity contribution in [3.05, 3.63) is 51.6 Å². The summed E-state index contributed by atoms with van der Waals surface area (Å²) in [5.74, 6) is -1.94. The monoisotopic (exact) mass is 409 g/mol. The zero-order valence-electron chi connectivity index (χ0n) is 14.5. The van der Waals surface area contributed by atoms with Gasteiger partial charge in [-0.1, -0.05) is 25.1 Å². The molecule has 1 N–H and O–H groups in total. The number of nitrogens with one attached hydrogen (secondary N) is 1. The van der Waals surface area contributed by atoms with Crippen LogP contribution in [0.2, 0.25) is 0 Å². The summed E-state index contributed by atoms with van der Waals surface area (Å²) in [5.41, 5.74) is 0.254. The van der Waals surface area contributed by atoms with Gasteiger partial charge < -0.3 is 5.32 Å². The minimum atomic E-state index is -0.715. The highest BCUT2D eigenvalue weighted by molar-refractivity contribution is 7.99. The van der Waals surface area contributed by atoms with Crippen LogP contribution in [0.15, 0.2) is 39.6 Å². The average Bonchev–Trinajstić information content (AvgIpc) is 3.11. The van der Waals surface area contributed by atoms with Crippen molar-refractivity contribution in [2.45, 2.75) is 31.5 Å². The van der Waals surface area contributed by atoms with E-state index in [-0.39, 0.29) is 17.0 Å². The van der Waals surface area contributed by atoms with Gasteiger partial charge in [-0.05, 0) is 30.0 Å². The fraction of sp³-hybridized carbons (Fsp3) is 0.278. The number of nitrogens with zero attached hydrogens (tertiary/aromatic N) is 2. The minimum Gasteiger partial charge on any atom is -0.323 e. The highest BCUT2D eigenvalue weighted by Crippen LogP contribution is 2.22. The van der Waals surface area contributed by atoms with Gasteiger partial charge in [0.2, 0.25) is 5.91 Å². The Morgan fingerprint density at radius 2 is 2.15 bits per heavy atom. The molecule has 0 bridgehead atoms. The molecular formula is C18H17F2N3O2S2. The van der Waals surface area contributed by atoms with Crippen LogP contribution in [0.4, 0.5) is 14.5 Å². The number of fused-ring (bicyclic) bond motifs is 1. The fourth-order valence-corrected chi connectivity index (χ4v) is 4.06. The molecule has 3 rings (SSSR count). The summed E-state index contributed by atoms with van der Waals surface area (Å²) in [6.07, 6.45) is 1.73. The van der Waals surface area contributed by atoms with E-state index in [4.69, 9.17) is 0 Å². The molecule has 0 aliphatic heterocycles. The summed E-state index contributed by atoms with van der Waals surface area (Å²) in [7, 11) is 0. The predicted molar refractivity (Wildman–Crippen MR) is 104 cm³/mol. The number of anilines is 1. The van der Waals surface area contributed by atoms with Gasteiger partial charge in [-0.3, -0.25) is 14.2 Å². The van der Waals surface area contributed by atoms with Crippen molar-refractivity contribution < 1.29 is 13.6 Å². The van der Waals surface area contributed by atoms with E-state index in [1.54, 1.807) is 16.0 Å². The Morgan fingerprint density at radius 1 is 1.33 bits per heavy atom. The lowest BCUT2D eigenvalue weighted by atomic mass is 10.3. The lowest BCUT2D eigenvalue weighted by molar-refractivity contribution is -0.113. The number of halogens is 2. The van der Waals surface area contributed by atoms with E-state index in [1.165, 1.54) is 11.3 Å². The number of carbonyl (C=O) groups excluding carboxylic acids is 1. The zero-order valence-corrected chi connectivity index (χ0v) is 16.1. The van der Waals surface area contributed by atoms with Crippen molar-refractivity contribution in [1.82, 2.24) is 9.55 Å². The molecule has 0 aliphatic rings. The number of aromatic nitrogens is 2. The molecule has 0 radical (unpaired) electrons. The summed E-state index contributed by atoms with van der Waals surface area (Å²) in [6.45, 7) is 2.54. The van der Waals surface area contributed by atoms with Gasteiger partial charge in [-0.25, -0.2) is 13.8 Å². The summed E-state index contributed by atoms with van der Waals surface area (Å²) in [5, 5.41) is 4.58. The molecule has 5 nitrogen and oxygen atoms in total. The van der Waals surface area contributed by atoms with Gasteiger partial charge >= 0.3 is 0 Å². The molecule has 0 aliphatic carbocycles. The summed E-state index contributed by atoms with van der Waals surface area (Å²) >= 11 is 2.43. The zero-order chi connectivity index (χ0) is 19.4. The Balaban J connectivity index is 1.78. The topological polar surface area (TPSA) is 64.0 Å². The van der Waals surface area contributed by atoms with Gasteiger partial charge in [0, 0.05) is 12.6 Å². The first-order valence-corrected chi connectivity index (χ1v) is 10.2. The van der Waals surface area contributed by atoms with Gasteiger partial charge in [0.1, 0.15) is 16.3 Å².